The number of urea groups is 1. The Morgan fingerprint density at radius 1 is 1.25 bits per heavy atom. The van der Waals surface area contributed by atoms with Crippen LogP contribution in [0, 0.1) is 0 Å². The van der Waals surface area contributed by atoms with Crippen LogP contribution in [0.25, 0.3) is 0 Å². The molecule has 6 heteroatoms. The van der Waals surface area contributed by atoms with Crippen molar-refractivity contribution in [2.45, 2.75) is 12.6 Å². The molecule has 0 radical (unpaired) electrons. The van der Waals surface area contributed by atoms with Crippen LogP contribution in [-0.2, 0) is 6.54 Å². The van der Waals surface area contributed by atoms with Crippen LogP contribution in [0.15, 0.2) is 48.8 Å². The molecule has 0 aliphatic carbocycles. The zero-order valence-corrected chi connectivity index (χ0v) is 14.3. The van der Waals surface area contributed by atoms with E-state index < -0.39 is 0 Å². The Labute approximate surface area is 142 Å². The van der Waals surface area contributed by atoms with Gasteiger partial charge in [-0.2, -0.15) is 0 Å². The van der Waals surface area contributed by atoms with Crippen molar-refractivity contribution in [1.82, 2.24) is 20.5 Å². The van der Waals surface area contributed by atoms with Gasteiger partial charge in [-0.25, -0.2) is 4.79 Å². The summed E-state index contributed by atoms with van der Waals surface area (Å²) in [5, 5.41) is 5.75. The number of pyridine rings is 1. The van der Waals surface area contributed by atoms with Crippen LogP contribution < -0.4 is 15.4 Å². The summed E-state index contributed by atoms with van der Waals surface area (Å²) in [4.78, 5) is 18.1. The Hall–Kier alpha value is -2.60. The van der Waals surface area contributed by atoms with Gasteiger partial charge in [0.1, 0.15) is 5.75 Å². The van der Waals surface area contributed by atoms with Crippen molar-refractivity contribution in [1.29, 1.82) is 0 Å². The molecule has 6 nitrogen and oxygen atoms in total. The van der Waals surface area contributed by atoms with Gasteiger partial charge >= 0.3 is 6.03 Å². The lowest BCUT2D eigenvalue weighted by Gasteiger charge is -2.25. The first-order valence-corrected chi connectivity index (χ1v) is 7.81. The predicted molar refractivity (Wildman–Crippen MR) is 93.9 cm³/mol. The highest BCUT2D eigenvalue weighted by atomic mass is 16.5. The minimum absolute atomic E-state index is 0.0595. The molecule has 1 aromatic carbocycles. The number of benzene rings is 1. The summed E-state index contributed by atoms with van der Waals surface area (Å²) in [5.74, 6) is 0.806. The number of carbonyl (C=O) groups is 1. The second kappa shape index (κ2) is 8.88. The zero-order valence-electron chi connectivity index (χ0n) is 14.3. The summed E-state index contributed by atoms with van der Waals surface area (Å²) in [6.45, 7) is 0.949. The molecule has 0 spiro atoms. The first kappa shape index (κ1) is 17.7. The monoisotopic (exact) mass is 328 g/mol. The zero-order chi connectivity index (χ0) is 17.4. The third kappa shape index (κ3) is 5.24. The number of carbonyl (C=O) groups excluding carboxylic acids is 1. The molecule has 0 saturated carbocycles. The molecule has 1 atom stereocenters. The second-order valence-electron chi connectivity index (χ2n) is 5.68. The van der Waals surface area contributed by atoms with Crippen LogP contribution in [0.3, 0.4) is 0 Å². The maximum atomic E-state index is 12.0. The minimum atomic E-state index is -0.200. The van der Waals surface area contributed by atoms with Crippen molar-refractivity contribution in [3.05, 3.63) is 59.9 Å². The number of amides is 2. The van der Waals surface area contributed by atoms with Crippen molar-refractivity contribution in [3.63, 3.8) is 0 Å². The van der Waals surface area contributed by atoms with Crippen LogP contribution in [0.5, 0.6) is 5.75 Å². The first-order chi connectivity index (χ1) is 11.6. The Balaban J connectivity index is 1.90. The number of hydrogen-bond acceptors (Lipinski definition) is 4. The van der Waals surface area contributed by atoms with Crippen molar-refractivity contribution in [3.8, 4) is 5.75 Å². The number of ether oxygens (including phenoxy) is 1. The van der Waals surface area contributed by atoms with Gasteiger partial charge in [-0.15, -0.1) is 0 Å². The summed E-state index contributed by atoms with van der Waals surface area (Å²) >= 11 is 0. The van der Waals surface area contributed by atoms with E-state index >= 15 is 0 Å². The molecule has 0 aliphatic heterocycles. The van der Waals surface area contributed by atoms with Gasteiger partial charge < -0.3 is 20.3 Å². The minimum Gasteiger partial charge on any atom is -0.497 e. The highest BCUT2D eigenvalue weighted by molar-refractivity contribution is 5.73. The number of nitrogens with zero attached hydrogens (tertiary/aromatic N) is 2. The van der Waals surface area contributed by atoms with E-state index in [2.05, 4.69) is 20.5 Å². The van der Waals surface area contributed by atoms with E-state index in [1.165, 1.54) is 0 Å². The van der Waals surface area contributed by atoms with Gasteiger partial charge in [-0.1, -0.05) is 18.2 Å². The molecule has 24 heavy (non-hydrogen) atoms. The van der Waals surface area contributed by atoms with Crippen LogP contribution in [0.1, 0.15) is 17.2 Å². The van der Waals surface area contributed by atoms with Gasteiger partial charge in [0.2, 0.25) is 0 Å². The Bertz CT molecular complexity index is 646. The Morgan fingerprint density at radius 3 is 2.75 bits per heavy atom. The van der Waals surface area contributed by atoms with Gasteiger partial charge in [0.25, 0.3) is 0 Å². The molecule has 128 valence electrons. The standard InChI is InChI=1S/C18H24N4O2/c1-22(2)17(15-7-4-8-16(10-15)24-3)13-21-18(23)20-12-14-6-5-9-19-11-14/h4-11,17H,12-13H2,1-3H3,(H2,20,21,23). The Kier molecular flexibility index (Phi) is 6.57. The molecule has 0 bridgehead atoms. The molecule has 1 aromatic heterocycles. The van der Waals surface area contributed by atoms with E-state index in [-0.39, 0.29) is 12.1 Å². The van der Waals surface area contributed by atoms with Gasteiger partial charge in [0, 0.05) is 25.5 Å². The first-order valence-electron chi connectivity index (χ1n) is 7.81. The highest BCUT2D eigenvalue weighted by Crippen LogP contribution is 2.21. The van der Waals surface area contributed by atoms with Gasteiger partial charge in [0.05, 0.1) is 13.2 Å². The van der Waals surface area contributed by atoms with Crippen molar-refractivity contribution in [2.24, 2.45) is 0 Å². The van der Waals surface area contributed by atoms with Crippen molar-refractivity contribution < 1.29 is 9.53 Å². The number of nitrogens with one attached hydrogen (secondary N) is 2. The van der Waals surface area contributed by atoms with Gasteiger partial charge in [-0.05, 0) is 43.4 Å². The highest BCUT2D eigenvalue weighted by Gasteiger charge is 2.15. The van der Waals surface area contributed by atoms with E-state index in [1.807, 2.05) is 50.5 Å². The third-order valence-electron chi connectivity index (χ3n) is 3.73. The molecule has 0 aliphatic rings. The summed E-state index contributed by atoms with van der Waals surface area (Å²) in [7, 11) is 5.62. The van der Waals surface area contributed by atoms with E-state index in [4.69, 9.17) is 4.74 Å². The van der Waals surface area contributed by atoms with Gasteiger partial charge in [-0.3, -0.25) is 4.98 Å². The molecule has 1 unspecified atom stereocenters. The maximum absolute atomic E-state index is 12.0. The molecule has 2 amide bonds. The number of methoxy groups -OCH3 is 1. The summed E-state index contributed by atoms with van der Waals surface area (Å²) in [6, 6.07) is 11.5. The molecule has 0 fully saturated rings. The molecule has 2 N–H and O–H groups in total. The molecular formula is C18H24N4O2. The number of rotatable bonds is 7. The van der Waals surface area contributed by atoms with Crippen LogP contribution in [0.2, 0.25) is 0 Å². The average molecular weight is 328 g/mol. The predicted octanol–water partition coefficient (Wildman–Crippen LogP) is 2.19. The molecule has 1 heterocycles. The van der Waals surface area contributed by atoms with E-state index in [9.17, 15) is 4.79 Å². The van der Waals surface area contributed by atoms with Crippen LogP contribution in [0.4, 0.5) is 4.79 Å². The van der Waals surface area contributed by atoms with Crippen LogP contribution in [-0.4, -0.2) is 43.7 Å². The van der Waals surface area contributed by atoms with E-state index in [1.54, 1.807) is 19.5 Å². The normalized spacial score (nSPS) is 11.8. The lowest BCUT2D eigenvalue weighted by Crippen LogP contribution is -2.40. The van der Waals surface area contributed by atoms with Gasteiger partial charge in [0.15, 0.2) is 0 Å². The fourth-order valence-corrected chi connectivity index (χ4v) is 2.38. The lowest BCUT2D eigenvalue weighted by molar-refractivity contribution is 0.232. The molecule has 2 aromatic rings. The largest absolute Gasteiger partial charge is 0.497 e. The number of aromatic nitrogens is 1. The molecule has 2 rings (SSSR count). The van der Waals surface area contributed by atoms with Crippen molar-refractivity contribution in [2.75, 3.05) is 27.7 Å². The second-order valence-corrected chi connectivity index (χ2v) is 5.68. The summed E-state index contributed by atoms with van der Waals surface area (Å²) in [6.07, 6.45) is 3.44. The number of likely N-dealkylation sites (N-methyl/N-ethyl adjacent to an activating group) is 1. The maximum Gasteiger partial charge on any atom is 0.315 e. The average Bonchev–Trinajstić information content (AvgIpc) is 2.61. The quantitative estimate of drug-likeness (QED) is 0.818. The SMILES string of the molecule is COc1cccc(C(CNC(=O)NCc2cccnc2)N(C)C)c1. The van der Waals surface area contributed by atoms with Crippen molar-refractivity contribution >= 4 is 6.03 Å². The smallest absolute Gasteiger partial charge is 0.315 e. The Morgan fingerprint density at radius 2 is 2.08 bits per heavy atom. The summed E-state index contributed by atoms with van der Waals surface area (Å²) in [5.41, 5.74) is 2.05. The van der Waals surface area contributed by atoms with Crippen LogP contribution >= 0.6 is 0 Å². The third-order valence-corrected chi connectivity index (χ3v) is 3.73. The molecular weight excluding hydrogens is 304 g/mol. The summed E-state index contributed by atoms with van der Waals surface area (Å²) < 4.78 is 5.27. The topological polar surface area (TPSA) is 66.5 Å². The molecule has 0 saturated heterocycles. The fraction of sp³-hybridized carbons (Fsp3) is 0.333. The van der Waals surface area contributed by atoms with E-state index in [0.717, 1.165) is 16.9 Å². The van der Waals surface area contributed by atoms with E-state index in [0.29, 0.717) is 13.1 Å². The fourth-order valence-electron chi connectivity index (χ4n) is 2.38. The number of hydrogen-bond donors (Lipinski definition) is 2. The lowest BCUT2D eigenvalue weighted by atomic mass is 10.1.